The Balaban J connectivity index is 4.33. The molecule has 0 fully saturated rings. The molecule has 1 amide bonds. The van der Waals surface area contributed by atoms with E-state index < -0.39 is 5.91 Å². The Morgan fingerprint density at radius 3 is 2.33 bits per heavy atom. The summed E-state index contributed by atoms with van der Waals surface area (Å²) in [7, 11) is 0. The molecule has 0 heterocycles. The van der Waals surface area contributed by atoms with Crippen LogP contribution < -0.4 is 11.3 Å². The highest BCUT2D eigenvalue weighted by Gasteiger charge is 2.27. The Hall–Kier alpha value is -0.900. The lowest BCUT2D eigenvalue weighted by Gasteiger charge is -2.20. The summed E-state index contributed by atoms with van der Waals surface area (Å²) in [5, 5.41) is 0. The molecule has 88 valence electrons. The summed E-state index contributed by atoms with van der Waals surface area (Å²) in [6.07, 6.45) is 3.88. The van der Waals surface area contributed by atoms with E-state index in [1.165, 1.54) is 0 Å². The quantitative estimate of drug-likeness (QED) is 0.291. The van der Waals surface area contributed by atoms with Crippen LogP contribution in [0.5, 0.6) is 0 Å². The summed E-state index contributed by atoms with van der Waals surface area (Å²) in [6.45, 7) is 6.06. The van der Waals surface area contributed by atoms with E-state index in [0.29, 0.717) is 6.42 Å². The second kappa shape index (κ2) is 7.40. The lowest BCUT2D eigenvalue weighted by Crippen LogP contribution is -2.41. The van der Waals surface area contributed by atoms with E-state index in [1.807, 2.05) is 19.3 Å². The van der Waals surface area contributed by atoms with Crippen LogP contribution in [0.3, 0.4) is 0 Å². The van der Waals surface area contributed by atoms with Crippen LogP contribution in [0.15, 0.2) is 0 Å². The standard InChI is InChI=1S/C11H22N2O2/c1-4-6-7-8(3)9(5-2)10(14)11(15)13-12/h8-9H,4-7,12H2,1-3H3,(H,13,15). The number of hydrazine groups is 1. The van der Waals surface area contributed by atoms with Gasteiger partial charge in [0.15, 0.2) is 0 Å². The van der Waals surface area contributed by atoms with Crippen molar-refractivity contribution in [3.63, 3.8) is 0 Å². The van der Waals surface area contributed by atoms with Gasteiger partial charge in [0.1, 0.15) is 0 Å². The van der Waals surface area contributed by atoms with Crippen LogP contribution in [0.1, 0.15) is 46.5 Å². The summed E-state index contributed by atoms with van der Waals surface area (Å²) in [6, 6.07) is 0. The van der Waals surface area contributed by atoms with Crippen molar-refractivity contribution in [1.29, 1.82) is 0 Å². The van der Waals surface area contributed by atoms with Crippen molar-refractivity contribution in [2.45, 2.75) is 46.5 Å². The third-order valence-electron chi connectivity index (χ3n) is 2.83. The van der Waals surface area contributed by atoms with E-state index in [2.05, 4.69) is 6.92 Å². The zero-order valence-corrected chi connectivity index (χ0v) is 9.88. The summed E-state index contributed by atoms with van der Waals surface area (Å²) in [4.78, 5) is 22.7. The van der Waals surface area contributed by atoms with Gasteiger partial charge in [0.05, 0.1) is 0 Å². The normalized spacial score (nSPS) is 14.4. The van der Waals surface area contributed by atoms with Crippen molar-refractivity contribution in [1.82, 2.24) is 5.43 Å². The third kappa shape index (κ3) is 4.42. The molecule has 0 aliphatic heterocycles. The second-order valence-corrected chi connectivity index (χ2v) is 3.97. The molecule has 0 radical (unpaired) electrons. The van der Waals surface area contributed by atoms with Gasteiger partial charge in [0.25, 0.3) is 0 Å². The molecule has 0 aromatic rings. The summed E-state index contributed by atoms with van der Waals surface area (Å²) >= 11 is 0. The number of Topliss-reactive ketones (excluding diaryl/α,β-unsaturated/α-hetero) is 1. The fourth-order valence-electron chi connectivity index (χ4n) is 1.81. The molecule has 2 unspecified atom stereocenters. The van der Waals surface area contributed by atoms with Crippen LogP contribution in [0.2, 0.25) is 0 Å². The largest absolute Gasteiger partial charge is 0.301 e. The number of rotatable bonds is 7. The molecule has 0 aliphatic rings. The van der Waals surface area contributed by atoms with Gasteiger partial charge in [-0.3, -0.25) is 15.0 Å². The van der Waals surface area contributed by atoms with Crippen LogP contribution in [0, 0.1) is 11.8 Å². The predicted molar refractivity (Wildman–Crippen MR) is 59.8 cm³/mol. The third-order valence-corrected chi connectivity index (χ3v) is 2.83. The first-order valence-electron chi connectivity index (χ1n) is 5.63. The lowest BCUT2D eigenvalue weighted by molar-refractivity contribution is -0.141. The van der Waals surface area contributed by atoms with Gasteiger partial charge in [-0.15, -0.1) is 0 Å². The van der Waals surface area contributed by atoms with Crippen LogP contribution in [-0.2, 0) is 9.59 Å². The maximum absolute atomic E-state index is 11.6. The van der Waals surface area contributed by atoms with E-state index in [4.69, 9.17) is 5.84 Å². The van der Waals surface area contributed by atoms with Crippen molar-refractivity contribution in [2.24, 2.45) is 17.7 Å². The molecule has 0 saturated heterocycles. The molecule has 0 saturated carbocycles. The van der Waals surface area contributed by atoms with E-state index in [-0.39, 0.29) is 17.6 Å². The average molecular weight is 214 g/mol. The monoisotopic (exact) mass is 214 g/mol. The minimum absolute atomic E-state index is 0.194. The predicted octanol–water partition coefficient (Wildman–Crippen LogP) is 1.40. The van der Waals surface area contributed by atoms with E-state index in [0.717, 1.165) is 19.3 Å². The molecule has 0 aliphatic carbocycles. The van der Waals surface area contributed by atoms with Crippen LogP contribution >= 0.6 is 0 Å². The number of hydrogen-bond donors (Lipinski definition) is 2. The second-order valence-electron chi connectivity index (χ2n) is 3.97. The maximum Gasteiger partial charge on any atom is 0.301 e. The Morgan fingerprint density at radius 2 is 1.93 bits per heavy atom. The minimum atomic E-state index is -0.676. The van der Waals surface area contributed by atoms with Crippen molar-refractivity contribution in [2.75, 3.05) is 0 Å². The number of carbonyl (C=O) groups is 2. The van der Waals surface area contributed by atoms with Crippen molar-refractivity contribution in [3.8, 4) is 0 Å². The highest BCUT2D eigenvalue weighted by molar-refractivity contribution is 6.36. The molecule has 0 aromatic heterocycles. The Morgan fingerprint density at radius 1 is 1.33 bits per heavy atom. The van der Waals surface area contributed by atoms with E-state index >= 15 is 0 Å². The van der Waals surface area contributed by atoms with Gasteiger partial charge >= 0.3 is 5.91 Å². The number of ketones is 1. The Bertz CT molecular complexity index is 217. The van der Waals surface area contributed by atoms with Gasteiger partial charge < -0.3 is 0 Å². The molecule has 0 rings (SSSR count). The lowest BCUT2D eigenvalue weighted by atomic mass is 9.84. The summed E-state index contributed by atoms with van der Waals surface area (Å²) in [5.74, 6) is 3.94. The molecule has 4 heteroatoms. The molecular weight excluding hydrogens is 192 g/mol. The summed E-state index contributed by atoms with van der Waals surface area (Å²) < 4.78 is 0. The zero-order chi connectivity index (χ0) is 11.8. The fraction of sp³-hybridized carbons (Fsp3) is 0.818. The smallest absolute Gasteiger partial charge is 0.288 e. The first-order chi connectivity index (χ1) is 7.08. The van der Waals surface area contributed by atoms with Crippen LogP contribution in [0.25, 0.3) is 0 Å². The number of nitrogens with two attached hydrogens (primary N) is 1. The zero-order valence-electron chi connectivity index (χ0n) is 9.88. The van der Waals surface area contributed by atoms with Crippen LogP contribution in [-0.4, -0.2) is 11.7 Å². The fourth-order valence-corrected chi connectivity index (χ4v) is 1.81. The minimum Gasteiger partial charge on any atom is -0.288 e. The molecule has 15 heavy (non-hydrogen) atoms. The Labute approximate surface area is 91.6 Å². The summed E-state index contributed by atoms with van der Waals surface area (Å²) in [5.41, 5.74) is 1.90. The Kier molecular flexibility index (Phi) is 6.96. The number of amides is 1. The first kappa shape index (κ1) is 14.1. The number of hydrogen-bond acceptors (Lipinski definition) is 3. The molecule has 0 bridgehead atoms. The van der Waals surface area contributed by atoms with Crippen LogP contribution in [0.4, 0.5) is 0 Å². The number of carbonyl (C=O) groups excluding carboxylic acids is 2. The van der Waals surface area contributed by atoms with E-state index in [1.54, 1.807) is 0 Å². The van der Waals surface area contributed by atoms with Gasteiger partial charge in [-0.1, -0.05) is 40.0 Å². The van der Waals surface area contributed by atoms with Crippen molar-refractivity contribution < 1.29 is 9.59 Å². The SMILES string of the molecule is CCCCC(C)C(CC)C(=O)C(=O)NN. The van der Waals surface area contributed by atoms with Gasteiger partial charge in [-0.25, -0.2) is 5.84 Å². The molecule has 0 spiro atoms. The highest BCUT2D eigenvalue weighted by atomic mass is 16.2. The highest BCUT2D eigenvalue weighted by Crippen LogP contribution is 2.22. The number of unbranched alkanes of at least 4 members (excludes halogenated alkanes) is 1. The van der Waals surface area contributed by atoms with E-state index in [9.17, 15) is 9.59 Å². The van der Waals surface area contributed by atoms with Gasteiger partial charge in [0, 0.05) is 5.92 Å². The molecule has 4 nitrogen and oxygen atoms in total. The maximum atomic E-state index is 11.6. The topological polar surface area (TPSA) is 72.2 Å². The van der Waals surface area contributed by atoms with Crippen molar-refractivity contribution >= 4 is 11.7 Å². The first-order valence-corrected chi connectivity index (χ1v) is 5.63. The average Bonchev–Trinajstić information content (AvgIpc) is 2.25. The van der Waals surface area contributed by atoms with Gasteiger partial charge in [-0.05, 0) is 12.3 Å². The number of nitrogens with one attached hydrogen (secondary N) is 1. The molecule has 3 N–H and O–H groups in total. The van der Waals surface area contributed by atoms with Crippen molar-refractivity contribution in [3.05, 3.63) is 0 Å². The molecular formula is C11H22N2O2. The van der Waals surface area contributed by atoms with Gasteiger partial charge in [0.2, 0.25) is 5.78 Å². The molecule has 0 aromatic carbocycles. The van der Waals surface area contributed by atoms with Gasteiger partial charge in [-0.2, -0.15) is 0 Å². The molecule has 2 atom stereocenters.